The summed E-state index contributed by atoms with van der Waals surface area (Å²) in [5.74, 6) is -0.277. The third-order valence-corrected chi connectivity index (χ3v) is 5.45. The average Bonchev–Trinajstić information content (AvgIpc) is 2.71. The number of carbonyl (C=O) groups is 1. The molecule has 0 aliphatic heterocycles. The molecule has 0 fully saturated rings. The number of aromatic nitrogens is 1. The molecular formula is C22H21BrN2O3. The van der Waals surface area contributed by atoms with E-state index in [1.54, 1.807) is 18.1 Å². The molecule has 0 saturated carbocycles. The van der Waals surface area contributed by atoms with Crippen molar-refractivity contribution in [2.24, 2.45) is 0 Å². The van der Waals surface area contributed by atoms with Gasteiger partial charge in [0, 0.05) is 43.5 Å². The molecule has 5 nitrogen and oxygen atoms in total. The number of likely N-dealkylation sites (N-methyl/N-ethyl adjacent to an activating group) is 1. The zero-order valence-electron chi connectivity index (χ0n) is 15.5. The lowest BCUT2D eigenvalue weighted by atomic mass is 9.95. The Bertz CT molecular complexity index is 963. The number of amides is 1. The zero-order chi connectivity index (χ0) is 20.1. The predicted molar refractivity (Wildman–Crippen MR) is 112 cm³/mol. The Morgan fingerprint density at radius 2 is 1.79 bits per heavy atom. The Balaban J connectivity index is 1.83. The molecule has 0 aliphatic rings. The van der Waals surface area contributed by atoms with Gasteiger partial charge < -0.3 is 15.1 Å². The van der Waals surface area contributed by atoms with Crippen molar-refractivity contribution in [3.05, 3.63) is 76.5 Å². The van der Waals surface area contributed by atoms with E-state index in [1.165, 1.54) is 6.07 Å². The minimum Gasteiger partial charge on any atom is -0.507 e. The minimum absolute atomic E-state index is 0.0471. The van der Waals surface area contributed by atoms with Gasteiger partial charge in [-0.15, -0.1) is 0 Å². The first-order chi connectivity index (χ1) is 13.5. The van der Waals surface area contributed by atoms with Gasteiger partial charge in [-0.2, -0.15) is 0 Å². The van der Waals surface area contributed by atoms with Crippen molar-refractivity contribution in [2.75, 3.05) is 13.6 Å². The molecule has 28 heavy (non-hydrogen) atoms. The largest absolute Gasteiger partial charge is 0.507 e. The third-order valence-electron chi connectivity index (χ3n) is 4.57. The van der Waals surface area contributed by atoms with E-state index in [1.807, 2.05) is 48.5 Å². The second-order valence-electron chi connectivity index (χ2n) is 6.51. The van der Waals surface area contributed by atoms with Crippen molar-refractivity contribution in [3.8, 4) is 22.6 Å². The first kappa shape index (κ1) is 19.9. The second kappa shape index (κ2) is 8.89. The molecule has 0 aliphatic carbocycles. The highest BCUT2D eigenvalue weighted by Crippen LogP contribution is 2.42. The normalized spacial score (nSPS) is 10.6. The number of carbonyl (C=O) groups excluding carboxylic acids is 1. The van der Waals surface area contributed by atoms with Crippen LogP contribution >= 0.6 is 15.9 Å². The maximum atomic E-state index is 12.8. The number of benzene rings is 2. The molecular weight excluding hydrogens is 420 g/mol. The molecule has 6 heteroatoms. The van der Waals surface area contributed by atoms with Crippen LogP contribution < -0.4 is 0 Å². The Hall–Kier alpha value is -2.86. The molecule has 1 amide bonds. The van der Waals surface area contributed by atoms with Crippen LogP contribution in [0.2, 0.25) is 0 Å². The summed E-state index contributed by atoms with van der Waals surface area (Å²) in [6, 6.07) is 16.3. The highest BCUT2D eigenvalue weighted by Gasteiger charge is 2.21. The highest BCUT2D eigenvalue weighted by molar-refractivity contribution is 9.10. The van der Waals surface area contributed by atoms with Crippen molar-refractivity contribution in [1.82, 2.24) is 9.88 Å². The van der Waals surface area contributed by atoms with E-state index >= 15 is 0 Å². The van der Waals surface area contributed by atoms with E-state index in [0.29, 0.717) is 28.6 Å². The van der Waals surface area contributed by atoms with Crippen LogP contribution in [0.1, 0.15) is 11.3 Å². The summed E-state index contributed by atoms with van der Waals surface area (Å²) in [5, 5.41) is 20.6. The van der Waals surface area contributed by atoms with E-state index in [4.69, 9.17) is 0 Å². The van der Waals surface area contributed by atoms with Crippen LogP contribution in [0.25, 0.3) is 11.1 Å². The summed E-state index contributed by atoms with van der Waals surface area (Å²) in [7, 11) is 1.74. The smallest absolute Gasteiger partial charge is 0.226 e. The molecule has 3 rings (SSSR count). The first-order valence-electron chi connectivity index (χ1n) is 8.90. The van der Waals surface area contributed by atoms with Crippen molar-refractivity contribution in [2.45, 2.75) is 12.8 Å². The summed E-state index contributed by atoms with van der Waals surface area (Å²) in [6.45, 7) is 0.527. The minimum atomic E-state index is -0.112. The number of halogens is 1. The van der Waals surface area contributed by atoms with E-state index in [0.717, 1.165) is 11.3 Å². The number of aromatic hydroxyl groups is 2. The standard InChI is InChI=1S/C22H21BrN2O3/c1-25(12-10-16-9-5-6-11-24-16)20(28)13-17-21(15-7-3-2-4-8-15)18(26)14-19(27)22(17)23/h2-9,11,14,26-27H,10,12-13H2,1H3. The van der Waals surface area contributed by atoms with Gasteiger partial charge in [-0.1, -0.05) is 36.4 Å². The lowest BCUT2D eigenvalue weighted by Crippen LogP contribution is -2.30. The summed E-state index contributed by atoms with van der Waals surface area (Å²) in [4.78, 5) is 18.7. The third kappa shape index (κ3) is 4.51. The average molecular weight is 441 g/mol. The summed E-state index contributed by atoms with van der Waals surface area (Å²) >= 11 is 3.37. The molecule has 2 aromatic carbocycles. The van der Waals surface area contributed by atoms with Crippen LogP contribution in [0, 0.1) is 0 Å². The Morgan fingerprint density at radius 3 is 2.46 bits per heavy atom. The van der Waals surface area contributed by atoms with Crippen molar-refractivity contribution >= 4 is 21.8 Å². The van der Waals surface area contributed by atoms with E-state index in [9.17, 15) is 15.0 Å². The quantitative estimate of drug-likeness (QED) is 0.603. The van der Waals surface area contributed by atoms with Gasteiger partial charge in [-0.25, -0.2) is 0 Å². The van der Waals surface area contributed by atoms with Gasteiger partial charge in [0.15, 0.2) is 0 Å². The molecule has 0 radical (unpaired) electrons. The number of phenolic OH excluding ortho intramolecular Hbond substituents is 2. The van der Waals surface area contributed by atoms with Crippen LogP contribution in [0.3, 0.4) is 0 Å². The lowest BCUT2D eigenvalue weighted by Gasteiger charge is -2.20. The van der Waals surface area contributed by atoms with Crippen molar-refractivity contribution in [3.63, 3.8) is 0 Å². The fraction of sp³-hybridized carbons (Fsp3) is 0.182. The Labute approximate surface area is 172 Å². The van der Waals surface area contributed by atoms with Crippen LogP contribution in [0.5, 0.6) is 11.5 Å². The monoisotopic (exact) mass is 440 g/mol. The van der Waals surface area contributed by atoms with E-state index in [-0.39, 0.29) is 23.8 Å². The Kier molecular flexibility index (Phi) is 6.31. The fourth-order valence-electron chi connectivity index (χ4n) is 3.02. The molecule has 0 bridgehead atoms. The lowest BCUT2D eigenvalue weighted by molar-refractivity contribution is -0.129. The molecule has 0 unspecified atom stereocenters. The number of nitrogens with zero attached hydrogens (tertiary/aromatic N) is 2. The summed E-state index contributed by atoms with van der Waals surface area (Å²) in [6.07, 6.45) is 2.43. The van der Waals surface area contributed by atoms with Crippen LogP contribution in [-0.2, 0) is 17.6 Å². The number of pyridine rings is 1. The second-order valence-corrected chi connectivity index (χ2v) is 7.30. The van der Waals surface area contributed by atoms with Crippen molar-refractivity contribution < 1.29 is 15.0 Å². The maximum absolute atomic E-state index is 12.8. The molecule has 144 valence electrons. The Morgan fingerprint density at radius 1 is 1.07 bits per heavy atom. The maximum Gasteiger partial charge on any atom is 0.226 e. The van der Waals surface area contributed by atoms with Crippen LogP contribution in [0.15, 0.2) is 65.3 Å². The first-order valence-corrected chi connectivity index (χ1v) is 9.69. The fourth-order valence-corrected chi connectivity index (χ4v) is 3.47. The van der Waals surface area contributed by atoms with E-state index in [2.05, 4.69) is 20.9 Å². The van der Waals surface area contributed by atoms with Crippen LogP contribution in [-0.4, -0.2) is 39.6 Å². The predicted octanol–water partition coefficient (Wildman–Crippen LogP) is 4.17. The van der Waals surface area contributed by atoms with Gasteiger partial charge >= 0.3 is 0 Å². The number of rotatable bonds is 6. The van der Waals surface area contributed by atoms with Gasteiger partial charge in [-0.3, -0.25) is 9.78 Å². The topological polar surface area (TPSA) is 73.7 Å². The summed E-state index contributed by atoms with van der Waals surface area (Å²) in [5.41, 5.74) is 2.79. The van der Waals surface area contributed by atoms with Gasteiger partial charge in [-0.05, 0) is 39.2 Å². The zero-order valence-corrected chi connectivity index (χ0v) is 17.1. The number of phenols is 2. The molecule has 1 aromatic heterocycles. The molecule has 0 atom stereocenters. The van der Waals surface area contributed by atoms with Gasteiger partial charge in [0.25, 0.3) is 0 Å². The van der Waals surface area contributed by atoms with E-state index < -0.39 is 0 Å². The molecule has 1 heterocycles. The van der Waals surface area contributed by atoms with Gasteiger partial charge in [0.1, 0.15) is 11.5 Å². The highest BCUT2D eigenvalue weighted by atomic mass is 79.9. The summed E-state index contributed by atoms with van der Waals surface area (Å²) < 4.78 is 0.413. The molecule has 0 saturated heterocycles. The molecule has 2 N–H and O–H groups in total. The van der Waals surface area contributed by atoms with Crippen molar-refractivity contribution in [1.29, 1.82) is 0 Å². The number of hydrogen-bond acceptors (Lipinski definition) is 4. The number of hydrogen-bond donors (Lipinski definition) is 2. The van der Waals surface area contributed by atoms with Gasteiger partial charge in [0.2, 0.25) is 5.91 Å². The van der Waals surface area contributed by atoms with Gasteiger partial charge in [0.05, 0.1) is 10.9 Å². The SMILES string of the molecule is CN(CCc1ccccn1)C(=O)Cc1c(Br)c(O)cc(O)c1-c1ccccc1. The van der Waals surface area contributed by atoms with Crippen LogP contribution in [0.4, 0.5) is 0 Å². The molecule has 0 spiro atoms. The molecule has 3 aromatic rings.